The molecule has 0 unspecified atom stereocenters. The molecular weight excluding hydrogens is 440 g/mol. The summed E-state index contributed by atoms with van der Waals surface area (Å²) in [5, 5.41) is 4.31. The van der Waals surface area contributed by atoms with E-state index in [-0.39, 0.29) is 11.5 Å². The van der Waals surface area contributed by atoms with Crippen LogP contribution in [0.1, 0.15) is 21.5 Å². The number of benzene rings is 2. The van der Waals surface area contributed by atoms with Gasteiger partial charge >= 0.3 is 0 Å². The van der Waals surface area contributed by atoms with E-state index in [4.69, 9.17) is 12.2 Å². The summed E-state index contributed by atoms with van der Waals surface area (Å²) in [6.45, 7) is 3.16. The molecule has 0 radical (unpaired) electrons. The minimum Gasteiger partial charge on any atom is -0.354 e. The predicted octanol–water partition coefficient (Wildman–Crippen LogP) is 3.27. The number of aromatic nitrogens is 2. The topological polar surface area (TPSA) is 58.4 Å². The number of hydrogen-bond acceptors (Lipinski definition) is 5. The Labute approximate surface area is 196 Å². The summed E-state index contributed by atoms with van der Waals surface area (Å²) in [6.07, 6.45) is 1.73. The summed E-state index contributed by atoms with van der Waals surface area (Å²) < 4.78 is 2.25. The summed E-state index contributed by atoms with van der Waals surface area (Å²) in [6, 6.07) is 20.8. The molecule has 0 N–H and O–H groups in total. The molecule has 1 fully saturated rings. The van der Waals surface area contributed by atoms with Gasteiger partial charge in [-0.3, -0.25) is 9.59 Å². The van der Waals surface area contributed by atoms with E-state index >= 15 is 0 Å². The number of thiocarbonyl (C=S) groups is 1. The van der Waals surface area contributed by atoms with E-state index in [9.17, 15) is 9.59 Å². The van der Waals surface area contributed by atoms with E-state index in [1.165, 1.54) is 16.4 Å². The highest BCUT2D eigenvalue weighted by atomic mass is 32.2. The van der Waals surface area contributed by atoms with E-state index in [1.54, 1.807) is 12.3 Å². The van der Waals surface area contributed by atoms with Crippen LogP contribution in [0.5, 0.6) is 0 Å². The van der Waals surface area contributed by atoms with Crippen molar-refractivity contribution in [2.75, 3.05) is 26.2 Å². The third kappa shape index (κ3) is 5.63. The summed E-state index contributed by atoms with van der Waals surface area (Å²) in [4.78, 5) is 29.0. The molecule has 1 saturated heterocycles. The lowest BCUT2D eigenvalue weighted by Crippen LogP contribution is -2.49. The van der Waals surface area contributed by atoms with Crippen LogP contribution in [-0.2, 0) is 12.3 Å². The first kappa shape index (κ1) is 22.2. The number of carbonyl (C=O) groups is 1. The van der Waals surface area contributed by atoms with Gasteiger partial charge in [-0.1, -0.05) is 72.5 Å². The zero-order valence-corrected chi connectivity index (χ0v) is 19.2. The quantitative estimate of drug-likeness (QED) is 0.540. The molecule has 1 aliphatic heterocycles. The Morgan fingerprint density at radius 1 is 0.906 bits per heavy atom. The lowest BCUT2D eigenvalue weighted by atomic mass is 10.2. The van der Waals surface area contributed by atoms with Crippen LogP contribution in [-0.4, -0.2) is 56.0 Å². The number of carbonyl (C=O) groups excluding carboxylic acids is 1. The maximum absolute atomic E-state index is 12.6. The molecule has 4 rings (SSSR count). The number of thioether (sulfide) groups is 1. The molecule has 6 nitrogen and oxygen atoms in total. The molecule has 164 valence electrons. The minimum atomic E-state index is -0.120. The Morgan fingerprint density at radius 2 is 1.53 bits per heavy atom. The molecule has 0 spiro atoms. The van der Waals surface area contributed by atoms with Gasteiger partial charge in [0.05, 0.1) is 12.7 Å². The average molecular weight is 465 g/mol. The van der Waals surface area contributed by atoms with Crippen molar-refractivity contribution in [3.63, 3.8) is 0 Å². The molecular formula is C24H24N4O2S2. The van der Waals surface area contributed by atoms with E-state index in [1.807, 2.05) is 65.6 Å². The molecule has 0 saturated carbocycles. The van der Waals surface area contributed by atoms with E-state index in [0.717, 1.165) is 15.4 Å². The van der Waals surface area contributed by atoms with Crippen LogP contribution in [0.25, 0.3) is 0 Å². The molecule has 3 aromatic rings. The number of nitrogens with zero attached hydrogens (tertiary/aromatic N) is 4. The summed E-state index contributed by atoms with van der Waals surface area (Å²) in [7, 11) is 0. The van der Waals surface area contributed by atoms with Crippen LogP contribution in [0, 0.1) is 0 Å². The number of piperazine rings is 1. The van der Waals surface area contributed by atoms with Gasteiger partial charge in [0, 0.05) is 43.6 Å². The average Bonchev–Trinajstić information content (AvgIpc) is 2.85. The van der Waals surface area contributed by atoms with Crippen LogP contribution in [0.2, 0.25) is 0 Å². The molecule has 8 heteroatoms. The van der Waals surface area contributed by atoms with Crippen LogP contribution in [0.4, 0.5) is 0 Å². The zero-order valence-electron chi connectivity index (χ0n) is 17.6. The van der Waals surface area contributed by atoms with Gasteiger partial charge in [-0.05, 0) is 23.3 Å². The van der Waals surface area contributed by atoms with Gasteiger partial charge in [-0.2, -0.15) is 5.10 Å². The maximum atomic E-state index is 12.6. The summed E-state index contributed by atoms with van der Waals surface area (Å²) >= 11 is 7.12. The van der Waals surface area contributed by atoms with Gasteiger partial charge < -0.3 is 9.80 Å². The highest BCUT2D eigenvalue weighted by Gasteiger charge is 2.23. The Hall–Kier alpha value is -2.97. The second kappa shape index (κ2) is 10.6. The van der Waals surface area contributed by atoms with Crippen LogP contribution < -0.4 is 5.56 Å². The van der Waals surface area contributed by atoms with Gasteiger partial charge in [0.15, 0.2) is 0 Å². The Balaban J connectivity index is 1.27. The number of amides is 1. The van der Waals surface area contributed by atoms with Crippen molar-refractivity contribution in [3.8, 4) is 0 Å². The molecule has 2 aromatic carbocycles. The van der Waals surface area contributed by atoms with Crippen molar-refractivity contribution in [1.29, 1.82) is 0 Å². The monoisotopic (exact) mass is 464 g/mol. The Kier molecular flexibility index (Phi) is 7.34. The third-order valence-corrected chi connectivity index (χ3v) is 6.90. The van der Waals surface area contributed by atoms with Crippen LogP contribution in [0.3, 0.4) is 0 Å². The van der Waals surface area contributed by atoms with Crippen molar-refractivity contribution in [2.45, 2.75) is 12.3 Å². The second-order valence-corrected chi connectivity index (χ2v) is 9.15. The van der Waals surface area contributed by atoms with Crippen molar-refractivity contribution >= 4 is 34.2 Å². The van der Waals surface area contributed by atoms with E-state index in [0.29, 0.717) is 44.0 Å². The molecule has 0 aliphatic carbocycles. The number of rotatable bonds is 5. The van der Waals surface area contributed by atoms with Gasteiger partial charge in [-0.25, -0.2) is 4.68 Å². The molecule has 2 heterocycles. The summed E-state index contributed by atoms with van der Waals surface area (Å²) in [5.74, 6) is 0.655. The van der Waals surface area contributed by atoms with Crippen molar-refractivity contribution < 1.29 is 4.79 Å². The van der Waals surface area contributed by atoms with Gasteiger partial charge in [0.2, 0.25) is 0 Å². The first-order valence-corrected chi connectivity index (χ1v) is 11.9. The molecule has 0 atom stereocenters. The molecule has 1 aliphatic rings. The van der Waals surface area contributed by atoms with Crippen molar-refractivity contribution in [1.82, 2.24) is 19.6 Å². The Morgan fingerprint density at radius 3 is 2.19 bits per heavy atom. The minimum absolute atomic E-state index is 0.0611. The van der Waals surface area contributed by atoms with Crippen LogP contribution >= 0.6 is 24.0 Å². The predicted molar refractivity (Wildman–Crippen MR) is 132 cm³/mol. The van der Waals surface area contributed by atoms with Crippen LogP contribution in [0.15, 0.2) is 77.7 Å². The second-order valence-electron chi connectivity index (χ2n) is 7.55. The van der Waals surface area contributed by atoms with Gasteiger partial charge in [0.25, 0.3) is 11.5 Å². The summed E-state index contributed by atoms with van der Waals surface area (Å²) in [5.41, 5.74) is 2.48. The van der Waals surface area contributed by atoms with Crippen molar-refractivity contribution in [2.24, 2.45) is 0 Å². The molecule has 1 aromatic heterocycles. The van der Waals surface area contributed by atoms with E-state index < -0.39 is 0 Å². The molecule has 0 bridgehead atoms. The largest absolute Gasteiger partial charge is 0.354 e. The van der Waals surface area contributed by atoms with Gasteiger partial charge in [-0.15, -0.1) is 0 Å². The maximum Gasteiger partial charge on any atom is 0.267 e. The first-order chi connectivity index (χ1) is 15.6. The van der Waals surface area contributed by atoms with E-state index in [2.05, 4.69) is 10.00 Å². The normalized spacial score (nSPS) is 13.8. The number of hydrogen-bond donors (Lipinski definition) is 0. The fourth-order valence-electron chi connectivity index (χ4n) is 3.52. The smallest absolute Gasteiger partial charge is 0.267 e. The third-order valence-electron chi connectivity index (χ3n) is 5.31. The molecule has 1 amide bonds. The lowest BCUT2D eigenvalue weighted by Gasteiger charge is -2.36. The fourth-order valence-corrected chi connectivity index (χ4v) is 4.69. The van der Waals surface area contributed by atoms with Crippen molar-refractivity contribution in [3.05, 3.63) is 100.0 Å². The Bertz CT molecular complexity index is 1130. The standard InChI is InChI=1S/C24H24N4O2S2/c29-22-15-20(16-25-28(22)17-19-7-3-1-4-8-19)18-32-24(31)27-13-11-26(12-14-27)23(30)21-9-5-2-6-10-21/h1-10,15-16H,11-14,17-18H2. The van der Waals surface area contributed by atoms with Gasteiger partial charge in [0.1, 0.15) is 4.32 Å². The lowest BCUT2D eigenvalue weighted by molar-refractivity contribution is 0.0695. The highest BCUT2D eigenvalue weighted by molar-refractivity contribution is 8.22. The SMILES string of the molecule is O=C(c1ccccc1)N1CCN(C(=S)SCc2cnn(Cc3ccccc3)c(=O)c2)CC1. The zero-order chi connectivity index (χ0) is 22.3. The fraction of sp³-hybridized carbons (Fsp3) is 0.250. The first-order valence-electron chi connectivity index (χ1n) is 10.5. The highest BCUT2D eigenvalue weighted by Crippen LogP contribution is 2.18. The molecule has 32 heavy (non-hydrogen) atoms.